The molecule has 1 aliphatic carbocycles. The first-order chi connectivity index (χ1) is 15.0. The fourth-order valence-electron chi connectivity index (χ4n) is 3.69. The molecular weight excluding hydrogens is 444 g/mol. The summed E-state index contributed by atoms with van der Waals surface area (Å²) >= 11 is 3.83. The van der Waals surface area contributed by atoms with Crippen molar-refractivity contribution in [3.05, 3.63) is 12.2 Å². The standard InChI is InChI=1S/C21H31F2N3O5S/c1-12(2)9-15(26-20(30)31-11-13-3-6-21(22,23)7-4-13)18(28)25-16(19(29)32)10-14-5-8-24-17(14)27/h3,6,12-16H,4-5,7-11H2,1-2H3,(H,24,27)(H,25,28)(H,26,30)(H,29,32)/t13-,14+,15+,16+/m1/s1. The number of rotatable bonds is 10. The minimum Gasteiger partial charge on any atom is -0.449 e. The highest BCUT2D eigenvalue weighted by atomic mass is 32.1. The molecule has 180 valence electrons. The van der Waals surface area contributed by atoms with E-state index in [-0.39, 0.29) is 50.0 Å². The van der Waals surface area contributed by atoms with Crippen LogP contribution in [0.1, 0.15) is 46.0 Å². The Morgan fingerprint density at radius 1 is 1.25 bits per heavy atom. The zero-order chi connectivity index (χ0) is 23.9. The molecule has 3 N–H and O–H groups in total. The Morgan fingerprint density at radius 2 is 1.97 bits per heavy atom. The zero-order valence-corrected chi connectivity index (χ0v) is 19.1. The number of carbonyl (C=O) groups is 4. The van der Waals surface area contributed by atoms with Gasteiger partial charge < -0.3 is 20.7 Å². The minimum absolute atomic E-state index is 0.0420. The molecule has 2 aliphatic rings. The number of amides is 3. The van der Waals surface area contributed by atoms with Crippen LogP contribution in [0.25, 0.3) is 0 Å². The molecule has 0 bridgehead atoms. The van der Waals surface area contributed by atoms with Gasteiger partial charge in [-0.15, -0.1) is 12.6 Å². The van der Waals surface area contributed by atoms with Crippen LogP contribution >= 0.6 is 12.6 Å². The molecule has 1 saturated heterocycles. The second-order valence-corrected chi connectivity index (χ2v) is 9.20. The zero-order valence-electron chi connectivity index (χ0n) is 18.2. The van der Waals surface area contributed by atoms with E-state index in [1.54, 1.807) is 0 Å². The Hall–Kier alpha value is -2.17. The molecule has 32 heavy (non-hydrogen) atoms. The number of hydrogen-bond acceptors (Lipinski definition) is 5. The molecule has 0 aromatic heterocycles. The van der Waals surface area contributed by atoms with Gasteiger partial charge in [0.1, 0.15) is 6.04 Å². The summed E-state index contributed by atoms with van der Waals surface area (Å²) in [6.45, 7) is 4.17. The van der Waals surface area contributed by atoms with Crippen molar-refractivity contribution in [3.8, 4) is 0 Å². The number of ether oxygens (including phenoxy) is 1. The number of alkyl halides is 2. The van der Waals surface area contributed by atoms with Gasteiger partial charge in [0, 0.05) is 24.8 Å². The lowest BCUT2D eigenvalue weighted by Gasteiger charge is -2.25. The summed E-state index contributed by atoms with van der Waals surface area (Å²) in [5, 5.41) is 7.17. The predicted molar refractivity (Wildman–Crippen MR) is 116 cm³/mol. The highest BCUT2D eigenvalue weighted by Crippen LogP contribution is 2.30. The summed E-state index contributed by atoms with van der Waals surface area (Å²) in [5.41, 5.74) is 0. The Labute approximate surface area is 191 Å². The quantitative estimate of drug-likeness (QED) is 0.286. The molecular formula is C21H31F2N3O5S. The number of thiol groups is 1. The fraction of sp³-hybridized carbons (Fsp3) is 0.714. The normalized spacial score (nSPS) is 23.9. The number of nitrogens with one attached hydrogen (secondary N) is 3. The molecule has 4 atom stereocenters. The van der Waals surface area contributed by atoms with E-state index in [9.17, 15) is 28.0 Å². The van der Waals surface area contributed by atoms with Crippen molar-refractivity contribution in [2.75, 3.05) is 13.2 Å². The van der Waals surface area contributed by atoms with Crippen LogP contribution in [-0.2, 0) is 19.1 Å². The summed E-state index contributed by atoms with van der Waals surface area (Å²) in [5.74, 6) is -4.26. The van der Waals surface area contributed by atoms with E-state index in [2.05, 4.69) is 28.6 Å². The van der Waals surface area contributed by atoms with Crippen molar-refractivity contribution >= 4 is 35.7 Å². The van der Waals surface area contributed by atoms with Gasteiger partial charge in [0.25, 0.3) is 5.92 Å². The maximum Gasteiger partial charge on any atom is 0.407 e. The van der Waals surface area contributed by atoms with E-state index in [1.807, 2.05) is 13.8 Å². The first kappa shape index (κ1) is 26.1. The third-order valence-corrected chi connectivity index (χ3v) is 5.81. The number of halogens is 2. The maximum atomic E-state index is 13.2. The highest BCUT2D eigenvalue weighted by molar-refractivity contribution is 7.96. The summed E-state index contributed by atoms with van der Waals surface area (Å²) in [4.78, 5) is 48.7. The van der Waals surface area contributed by atoms with E-state index in [0.717, 1.165) is 6.08 Å². The monoisotopic (exact) mass is 475 g/mol. The highest BCUT2D eigenvalue weighted by Gasteiger charge is 2.33. The molecule has 0 aromatic carbocycles. The third-order valence-electron chi connectivity index (χ3n) is 5.50. The van der Waals surface area contributed by atoms with Crippen molar-refractivity contribution in [2.24, 2.45) is 17.8 Å². The van der Waals surface area contributed by atoms with Gasteiger partial charge in [-0.1, -0.05) is 19.9 Å². The molecule has 0 unspecified atom stereocenters. The first-order valence-corrected chi connectivity index (χ1v) is 11.2. The van der Waals surface area contributed by atoms with Gasteiger partial charge >= 0.3 is 6.09 Å². The fourth-order valence-corrected chi connectivity index (χ4v) is 3.86. The van der Waals surface area contributed by atoms with E-state index < -0.39 is 41.0 Å². The molecule has 0 saturated carbocycles. The maximum absolute atomic E-state index is 13.2. The van der Waals surface area contributed by atoms with E-state index in [1.165, 1.54) is 6.08 Å². The van der Waals surface area contributed by atoms with Crippen LogP contribution in [-0.4, -0.2) is 54.2 Å². The number of allylic oxidation sites excluding steroid dienone is 1. The molecule has 1 fully saturated rings. The second kappa shape index (κ2) is 11.6. The minimum atomic E-state index is -2.83. The molecule has 1 aliphatic heterocycles. The lowest BCUT2D eigenvalue weighted by atomic mass is 9.94. The molecule has 3 amide bonds. The molecule has 11 heteroatoms. The Kier molecular flexibility index (Phi) is 9.47. The van der Waals surface area contributed by atoms with Gasteiger partial charge in [-0.2, -0.15) is 0 Å². The molecule has 8 nitrogen and oxygen atoms in total. The van der Waals surface area contributed by atoms with Crippen LogP contribution in [0.15, 0.2) is 12.2 Å². The molecule has 2 rings (SSSR count). The number of hydrogen-bond donors (Lipinski definition) is 4. The summed E-state index contributed by atoms with van der Waals surface area (Å²) in [7, 11) is 0. The number of alkyl carbamates (subject to hydrolysis) is 1. The Balaban J connectivity index is 1.92. The van der Waals surface area contributed by atoms with Crippen LogP contribution in [0.3, 0.4) is 0 Å². The van der Waals surface area contributed by atoms with Crippen LogP contribution in [0.2, 0.25) is 0 Å². The smallest absolute Gasteiger partial charge is 0.407 e. The van der Waals surface area contributed by atoms with Crippen molar-refractivity contribution in [2.45, 2.75) is 64.0 Å². The van der Waals surface area contributed by atoms with Gasteiger partial charge in [-0.25, -0.2) is 13.6 Å². The van der Waals surface area contributed by atoms with Crippen LogP contribution in [0.5, 0.6) is 0 Å². The van der Waals surface area contributed by atoms with Crippen molar-refractivity contribution < 1.29 is 32.7 Å². The van der Waals surface area contributed by atoms with Crippen LogP contribution in [0.4, 0.5) is 13.6 Å². The summed E-state index contributed by atoms with van der Waals surface area (Å²) in [6.07, 6.45) is 2.15. The van der Waals surface area contributed by atoms with E-state index in [4.69, 9.17) is 4.74 Å². The van der Waals surface area contributed by atoms with Crippen molar-refractivity contribution in [1.82, 2.24) is 16.0 Å². The topological polar surface area (TPSA) is 114 Å². The van der Waals surface area contributed by atoms with Crippen LogP contribution in [0, 0.1) is 17.8 Å². The second-order valence-electron chi connectivity index (χ2n) is 8.76. The number of carbonyl (C=O) groups excluding carboxylic acids is 4. The van der Waals surface area contributed by atoms with Crippen LogP contribution < -0.4 is 16.0 Å². The van der Waals surface area contributed by atoms with Gasteiger partial charge in [0.2, 0.25) is 16.9 Å². The Bertz CT molecular complexity index is 747. The van der Waals surface area contributed by atoms with Crippen molar-refractivity contribution in [3.63, 3.8) is 0 Å². The van der Waals surface area contributed by atoms with E-state index >= 15 is 0 Å². The summed E-state index contributed by atoms with van der Waals surface area (Å²) < 4.78 is 31.5. The lowest BCUT2D eigenvalue weighted by Crippen LogP contribution is -2.52. The average molecular weight is 476 g/mol. The van der Waals surface area contributed by atoms with E-state index in [0.29, 0.717) is 13.0 Å². The first-order valence-electron chi connectivity index (χ1n) is 10.8. The van der Waals surface area contributed by atoms with Gasteiger partial charge in [-0.05, 0) is 37.7 Å². The van der Waals surface area contributed by atoms with Gasteiger partial charge in [0.15, 0.2) is 0 Å². The van der Waals surface area contributed by atoms with Crippen molar-refractivity contribution in [1.29, 1.82) is 0 Å². The SMILES string of the molecule is CC(C)C[C@H](NC(=O)OC[C@@H]1C=CC(F)(F)CC1)C(=O)N[C@@H](C[C@@H]1CCNC1=O)C(=O)S. The summed E-state index contributed by atoms with van der Waals surface area (Å²) in [6, 6.07) is -1.94. The molecule has 0 aromatic rings. The van der Waals surface area contributed by atoms with Gasteiger partial charge in [0.05, 0.1) is 12.6 Å². The lowest BCUT2D eigenvalue weighted by molar-refractivity contribution is -0.128. The largest absolute Gasteiger partial charge is 0.449 e. The predicted octanol–water partition coefficient (Wildman–Crippen LogP) is 2.20. The van der Waals surface area contributed by atoms with Gasteiger partial charge in [-0.3, -0.25) is 14.4 Å². The Morgan fingerprint density at radius 3 is 2.50 bits per heavy atom. The molecule has 0 spiro atoms. The molecule has 1 heterocycles. The third kappa shape index (κ3) is 8.40. The molecule has 0 radical (unpaired) electrons. The average Bonchev–Trinajstić information content (AvgIpc) is 3.10.